The van der Waals surface area contributed by atoms with Crippen molar-refractivity contribution < 1.29 is 19.4 Å². The van der Waals surface area contributed by atoms with Crippen molar-refractivity contribution in [1.29, 1.82) is 0 Å². The highest BCUT2D eigenvalue weighted by molar-refractivity contribution is 5.94. The summed E-state index contributed by atoms with van der Waals surface area (Å²) in [6.07, 6.45) is 2.26. The minimum absolute atomic E-state index is 0.0668. The summed E-state index contributed by atoms with van der Waals surface area (Å²) in [6.45, 7) is 4.59. The number of nitrogens with one attached hydrogen (secondary N) is 2. The van der Waals surface area contributed by atoms with Crippen LogP contribution in [0, 0.1) is 0 Å². The van der Waals surface area contributed by atoms with Gasteiger partial charge in [-0.2, -0.15) is 9.97 Å². The second-order valence-electron chi connectivity index (χ2n) is 8.07. The lowest BCUT2D eigenvalue weighted by atomic mass is 10.1. The van der Waals surface area contributed by atoms with E-state index in [9.17, 15) is 9.90 Å². The van der Waals surface area contributed by atoms with Crippen LogP contribution in [0.5, 0.6) is 11.6 Å². The van der Waals surface area contributed by atoms with Gasteiger partial charge in [-0.1, -0.05) is 12.1 Å². The topological polar surface area (TPSA) is 157 Å². The zero-order valence-corrected chi connectivity index (χ0v) is 20.5. The highest BCUT2D eigenvalue weighted by Gasteiger charge is 2.10. The van der Waals surface area contributed by atoms with Gasteiger partial charge in [0.05, 0.1) is 25.0 Å². The molecular formula is C26H29N7O4. The van der Waals surface area contributed by atoms with Gasteiger partial charge >= 0.3 is 0 Å². The molecule has 0 bridgehead atoms. The number of nitrogens with zero attached hydrogens (tertiary/aromatic N) is 4. The molecule has 4 rings (SSSR count). The first kappa shape index (κ1) is 25.6. The van der Waals surface area contributed by atoms with Crippen LogP contribution in [0.3, 0.4) is 0 Å². The van der Waals surface area contributed by atoms with Crippen LogP contribution >= 0.6 is 0 Å². The Kier molecular flexibility index (Phi) is 8.61. The smallest absolute Gasteiger partial charge is 0.251 e. The third kappa shape index (κ3) is 7.24. The maximum atomic E-state index is 12.5. The van der Waals surface area contributed by atoms with E-state index in [4.69, 9.17) is 15.2 Å². The molecule has 0 aliphatic rings. The SMILES string of the molecule is CCOCCOc1ccc(CCNC(=O)c2ccc(NCc3cnc4nc(N)nc(O)c4n3)cc2)cc1. The van der Waals surface area contributed by atoms with Crippen molar-refractivity contribution >= 4 is 28.7 Å². The molecule has 4 aromatic rings. The molecule has 0 aliphatic heterocycles. The quantitative estimate of drug-likeness (QED) is 0.212. The molecule has 0 radical (unpaired) electrons. The van der Waals surface area contributed by atoms with Crippen molar-refractivity contribution in [2.24, 2.45) is 0 Å². The predicted molar refractivity (Wildman–Crippen MR) is 139 cm³/mol. The summed E-state index contributed by atoms with van der Waals surface area (Å²) < 4.78 is 10.9. The molecule has 5 N–H and O–H groups in total. The number of amides is 1. The molecule has 0 saturated carbocycles. The maximum absolute atomic E-state index is 12.5. The lowest BCUT2D eigenvalue weighted by Gasteiger charge is -2.09. The number of nitrogens with two attached hydrogens (primary N) is 1. The molecule has 11 nitrogen and oxygen atoms in total. The summed E-state index contributed by atoms with van der Waals surface area (Å²) in [5, 5.41) is 16.1. The fourth-order valence-electron chi connectivity index (χ4n) is 3.50. The normalized spacial score (nSPS) is 10.8. The first-order valence-electron chi connectivity index (χ1n) is 11.9. The van der Waals surface area contributed by atoms with Crippen molar-refractivity contribution in [3.05, 3.63) is 71.5 Å². The van der Waals surface area contributed by atoms with E-state index in [0.29, 0.717) is 50.6 Å². The van der Waals surface area contributed by atoms with Gasteiger partial charge in [0.2, 0.25) is 11.8 Å². The number of ether oxygens (including phenoxy) is 2. The Morgan fingerprint density at radius 3 is 2.57 bits per heavy atom. The number of anilines is 2. The van der Waals surface area contributed by atoms with E-state index in [1.54, 1.807) is 18.3 Å². The number of hydrogen-bond donors (Lipinski definition) is 4. The Labute approximate surface area is 214 Å². The lowest BCUT2D eigenvalue weighted by molar-refractivity contribution is 0.0954. The van der Waals surface area contributed by atoms with E-state index in [-0.39, 0.29) is 28.9 Å². The van der Waals surface area contributed by atoms with Gasteiger partial charge in [0, 0.05) is 24.4 Å². The summed E-state index contributed by atoms with van der Waals surface area (Å²) in [5.41, 5.74) is 8.98. The molecule has 0 saturated heterocycles. The Morgan fingerprint density at radius 2 is 1.81 bits per heavy atom. The Morgan fingerprint density at radius 1 is 1.03 bits per heavy atom. The second kappa shape index (κ2) is 12.5. The van der Waals surface area contributed by atoms with Crippen LogP contribution in [-0.2, 0) is 17.7 Å². The first-order chi connectivity index (χ1) is 18.0. The molecule has 0 aliphatic carbocycles. The van der Waals surface area contributed by atoms with Gasteiger partial charge in [-0.05, 0) is 55.3 Å². The molecule has 2 aromatic heterocycles. The minimum Gasteiger partial charge on any atom is -0.492 e. The predicted octanol–water partition coefficient (Wildman–Crippen LogP) is 2.71. The van der Waals surface area contributed by atoms with Gasteiger partial charge in [-0.25, -0.2) is 9.97 Å². The fraction of sp³-hybridized carbons (Fsp3) is 0.269. The maximum Gasteiger partial charge on any atom is 0.251 e. The van der Waals surface area contributed by atoms with Crippen molar-refractivity contribution in [2.75, 3.05) is 37.4 Å². The standard InChI is InChI=1S/C26H29N7O4/c1-2-36-13-14-37-21-9-3-17(4-10-21)11-12-28-24(34)18-5-7-19(8-6-18)29-15-20-16-30-23-22(31-20)25(35)33-26(27)32-23/h3-10,16,29H,2,11-15H2,1H3,(H,28,34)(H3,27,30,32,33,35). The number of rotatable bonds is 12. The average molecular weight is 504 g/mol. The van der Waals surface area contributed by atoms with Gasteiger partial charge in [-0.3, -0.25) is 4.79 Å². The van der Waals surface area contributed by atoms with Crippen LogP contribution in [0.15, 0.2) is 54.7 Å². The van der Waals surface area contributed by atoms with E-state index >= 15 is 0 Å². The van der Waals surface area contributed by atoms with Gasteiger partial charge in [0.1, 0.15) is 12.4 Å². The number of nitrogen functional groups attached to an aromatic ring is 1. The molecule has 2 aromatic carbocycles. The van der Waals surface area contributed by atoms with E-state index in [0.717, 1.165) is 17.0 Å². The summed E-state index contributed by atoms with van der Waals surface area (Å²) in [7, 11) is 0. The molecule has 2 heterocycles. The molecule has 11 heteroatoms. The van der Waals surface area contributed by atoms with Crippen LogP contribution < -0.4 is 21.1 Å². The lowest BCUT2D eigenvalue weighted by Crippen LogP contribution is -2.25. The number of aromatic hydroxyl groups is 1. The number of hydrogen-bond acceptors (Lipinski definition) is 10. The van der Waals surface area contributed by atoms with Crippen LogP contribution in [0.4, 0.5) is 11.6 Å². The third-order valence-electron chi connectivity index (χ3n) is 5.40. The summed E-state index contributed by atoms with van der Waals surface area (Å²) in [5.74, 6) is 0.276. The van der Waals surface area contributed by atoms with Crippen LogP contribution in [-0.4, -0.2) is 57.3 Å². The summed E-state index contributed by atoms with van der Waals surface area (Å²) >= 11 is 0. The largest absolute Gasteiger partial charge is 0.492 e. The van der Waals surface area contributed by atoms with Crippen molar-refractivity contribution in [1.82, 2.24) is 25.3 Å². The highest BCUT2D eigenvalue weighted by atomic mass is 16.5. The molecule has 0 unspecified atom stereocenters. The van der Waals surface area contributed by atoms with Crippen LogP contribution in [0.1, 0.15) is 28.5 Å². The molecule has 0 spiro atoms. The van der Waals surface area contributed by atoms with E-state index < -0.39 is 0 Å². The number of fused-ring (bicyclic) bond motifs is 1. The van der Waals surface area contributed by atoms with Gasteiger partial charge in [0.15, 0.2) is 11.2 Å². The first-order valence-corrected chi connectivity index (χ1v) is 11.9. The number of carbonyl (C=O) groups is 1. The molecule has 1 amide bonds. The number of benzene rings is 2. The van der Waals surface area contributed by atoms with Crippen molar-refractivity contribution in [3.8, 4) is 11.6 Å². The van der Waals surface area contributed by atoms with Crippen LogP contribution in [0.25, 0.3) is 11.2 Å². The van der Waals surface area contributed by atoms with Crippen molar-refractivity contribution in [2.45, 2.75) is 19.9 Å². The van der Waals surface area contributed by atoms with E-state index in [1.807, 2.05) is 43.3 Å². The zero-order chi connectivity index (χ0) is 26.0. The van der Waals surface area contributed by atoms with Gasteiger partial charge in [-0.15, -0.1) is 0 Å². The molecule has 192 valence electrons. The van der Waals surface area contributed by atoms with Gasteiger partial charge in [0.25, 0.3) is 5.91 Å². The van der Waals surface area contributed by atoms with Crippen molar-refractivity contribution in [3.63, 3.8) is 0 Å². The third-order valence-corrected chi connectivity index (χ3v) is 5.40. The number of carbonyl (C=O) groups excluding carboxylic acids is 1. The Bertz CT molecular complexity index is 1330. The molecule has 0 fully saturated rings. The summed E-state index contributed by atoms with van der Waals surface area (Å²) in [4.78, 5) is 28.6. The molecule has 37 heavy (non-hydrogen) atoms. The highest BCUT2D eigenvalue weighted by Crippen LogP contribution is 2.19. The summed E-state index contributed by atoms with van der Waals surface area (Å²) in [6, 6.07) is 15.0. The molecular weight excluding hydrogens is 474 g/mol. The Hall–Kier alpha value is -4.51. The van der Waals surface area contributed by atoms with Gasteiger partial charge < -0.3 is 30.9 Å². The fourth-order valence-corrected chi connectivity index (χ4v) is 3.50. The second-order valence-corrected chi connectivity index (χ2v) is 8.07. The van der Waals surface area contributed by atoms with Crippen LogP contribution in [0.2, 0.25) is 0 Å². The molecule has 0 atom stereocenters. The number of aromatic nitrogens is 4. The zero-order valence-electron chi connectivity index (χ0n) is 20.5. The average Bonchev–Trinajstić information content (AvgIpc) is 2.91. The van der Waals surface area contributed by atoms with E-state index in [1.165, 1.54) is 0 Å². The minimum atomic E-state index is -0.313. The monoisotopic (exact) mass is 503 g/mol. The van der Waals surface area contributed by atoms with E-state index in [2.05, 4.69) is 30.6 Å². The Balaban J connectivity index is 1.22.